The third kappa shape index (κ3) is 2.40. The molecule has 2 aromatic rings. The molecule has 0 amide bonds. The Morgan fingerprint density at radius 3 is 2.52 bits per heavy atom. The van der Waals surface area contributed by atoms with E-state index in [0.29, 0.717) is 17.1 Å². The molecule has 0 spiro atoms. The van der Waals surface area contributed by atoms with Crippen molar-refractivity contribution in [3.05, 3.63) is 55.8 Å². The standard InChI is InChI=1S/C22H24O2S/c1-11-8-14(9-12(2)20(11)24)6-7-17(23)21-15-10-16-19(22(16,4)5)18(15)13(3)25-21/h6-9,16,19,24H,10H2,1-5H3/t16-,19-/m1/s1. The van der Waals surface area contributed by atoms with E-state index in [-0.39, 0.29) is 5.78 Å². The van der Waals surface area contributed by atoms with Crippen molar-refractivity contribution >= 4 is 23.2 Å². The van der Waals surface area contributed by atoms with Crippen molar-refractivity contribution in [2.45, 2.75) is 47.0 Å². The number of phenolic OH excluding ortho intramolecular Hbond substituents is 1. The number of aryl methyl sites for hydroxylation is 3. The molecule has 1 N–H and O–H groups in total. The zero-order chi connectivity index (χ0) is 18.1. The molecule has 1 fully saturated rings. The van der Waals surface area contributed by atoms with Gasteiger partial charge in [0.15, 0.2) is 5.78 Å². The van der Waals surface area contributed by atoms with E-state index in [1.54, 1.807) is 17.4 Å². The Balaban J connectivity index is 1.62. The Labute approximate surface area is 153 Å². The van der Waals surface area contributed by atoms with E-state index in [0.717, 1.165) is 33.9 Å². The van der Waals surface area contributed by atoms with Gasteiger partial charge in [-0.15, -0.1) is 11.3 Å². The third-order valence-electron chi connectivity index (χ3n) is 6.18. The molecule has 2 aliphatic carbocycles. The molecule has 1 aromatic heterocycles. The lowest BCUT2D eigenvalue weighted by Crippen LogP contribution is -2.02. The monoisotopic (exact) mass is 352 g/mol. The van der Waals surface area contributed by atoms with E-state index in [9.17, 15) is 9.90 Å². The minimum Gasteiger partial charge on any atom is -0.507 e. The smallest absolute Gasteiger partial charge is 0.196 e. The van der Waals surface area contributed by atoms with Gasteiger partial charge in [0.05, 0.1) is 4.88 Å². The third-order valence-corrected chi connectivity index (χ3v) is 7.36. The fourth-order valence-corrected chi connectivity index (χ4v) is 5.82. The van der Waals surface area contributed by atoms with Crippen LogP contribution in [0.25, 0.3) is 6.08 Å². The second-order valence-electron chi connectivity index (χ2n) is 8.19. The van der Waals surface area contributed by atoms with E-state index in [1.807, 2.05) is 32.1 Å². The Bertz CT molecular complexity index is 907. The Kier molecular flexibility index (Phi) is 3.52. The highest BCUT2D eigenvalue weighted by molar-refractivity contribution is 7.14. The zero-order valence-electron chi connectivity index (χ0n) is 15.4. The van der Waals surface area contributed by atoms with Crippen molar-refractivity contribution in [2.75, 3.05) is 0 Å². The molecule has 4 rings (SSSR count). The number of phenols is 1. The molecule has 0 aliphatic heterocycles. The molecule has 0 radical (unpaired) electrons. The first-order chi connectivity index (χ1) is 11.7. The van der Waals surface area contributed by atoms with Crippen LogP contribution in [-0.2, 0) is 6.42 Å². The number of thiophene rings is 1. The summed E-state index contributed by atoms with van der Waals surface area (Å²) >= 11 is 1.66. The second-order valence-corrected chi connectivity index (χ2v) is 9.41. The molecule has 3 heteroatoms. The molecule has 0 unspecified atom stereocenters. The molecular formula is C22H24O2S. The molecule has 130 valence electrons. The normalized spacial score (nSPS) is 22.9. The van der Waals surface area contributed by atoms with Crippen molar-refractivity contribution in [2.24, 2.45) is 11.3 Å². The molecule has 1 saturated carbocycles. The zero-order valence-corrected chi connectivity index (χ0v) is 16.3. The number of allylic oxidation sites excluding steroid dienone is 1. The van der Waals surface area contributed by atoms with Gasteiger partial charge in [-0.25, -0.2) is 0 Å². The van der Waals surface area contributed by atoms with Crippen LogP contribution < -0.4 is 0 Å². The summed E-state index contributed by atoms with van der Waals surface area (Å²) in [6.45, 7) is 10.6. The molecule has 2 aliphatic rings. The Morgan fingerprint density at radius 2 is 1.88 bits per heavy atom. The van der Waals surface area contributed by atoms with Crippen LogP contribution in [0.2, 0.25) is 0 Å². The lowest BCUT2D eigenvalue weighted by atomic mass is 9.94. The van der Waals surface area contributed by atoms with Gasteiger partial charge in [-0.2, -0.15) is 0 Å². The average Bonchev–Trinajstić information content (AvgIpc) is 2.90. The van der Waals surface area contributed by atoms with E-state index in [2.05, 4.69) is 20.8 Å². The first kappa shape index (κ1) is 16.6. The van der Waals surface area contributed by atoms with Gasteiger partial charge in [0.25, 0.3) is 0 Å². The predicted octanol–water partition coefficient (Wildman–Crippen LogP) is 5.57. The van der Waals surface area contributed by atoms with Crippen molar-refractivity contribution < 1.29 is 9.90 Å². The molecule has 2 atom stereocenters. The SMILES string of the molecule is Cc1cc(C=CC(=O)c2sc(C)c3c2C[C@@H]2[C@H]3C2(C)C)cc(C)c1O. The van der Waals surface area contributed by atoms with Crippen molar-refractivity contribution in [1.82, 2.24) is 0 Å². The Hall–Kier alpha value is -1.87. The van der Waals surface area contributed by atoms with Crippen LogP contribution in [-0.4, -0.2) is 10.9 Å². The average molecular weight is 352 g/mol. The van der Waals surface area contributed by atoms with Gasteiger partial charge in [0.1, 0.15) is 5.75 Å². The van der Waals surface area contributed by atoms with Crippen molar-refractivity contribution in [3.63, 3.8) is 0 Å². The van der Waals surface area contributed by atoms with Crippen LogP contribution >= 0.6 is 11.3 Å². The van der Waals surface area contributed by atoms with E-state index in [1.165, 1.54) is 16.0 Å². The molecule has 2 nitrogen and oxygen atoms in total. The van der Waals surface area contributed by atoms with Gasteiger partial charge in [0.2, 0.25) is 0 Å². The molecule has 0 saturated heterocycles. The summed E-state index contributed by atoms with van der Waals surface area (Å²) < 4.78 is 0. The van der Waals surface area contributed by atoms with Crippen molar-refractivity contribution in [1.29, 1.82) is 0 Å². The first-order valence-corrected chi connectivity index (χ1v) is 9.68. The molecule has 0 bridgehead atoms. The number of fused-ring (bicyclic) bond motifs is 3. The maximum absolute atomic E-state index is 12.8. The topological polar surface area (TPSA) is 37.3 Å². The van der Waals surface area contributed by atoms with Crippen LogP contribution in [0.15, 0.2) is 18.2 Å². The quantitative estimate of drug-likeness (QED) is 0.579. The van der Waals surface area contributed by atoms with Gasteiger partial charge >= 0.3 is 0 Å². The summed E-state index contributed by atoms with van der Waals surface area (Å²) in [6.07, 6.45) is 4.61. The largest absolute Gasteiger partial charge is 0.507 e. The Morgan fingerprint density at radius 1 is 1.24 bits per heavy atom. The minimum absolute atomic E-state index is 0.108. The number of carbonyl (C=O) groups is 1. The minimum atomic E-state index is 0.108. The first-order valence-electron chi connectivity index (χ1n) is 8.86. The number of carbonyl (C=O) groups excluding carboxylic acids is 1. The van der Waals surface area contributed by atoms with Crippen LogP contribution in [0.3, 0.4) is 0 Å². The number of aromatic hydroxyl groups is 1. The molecule has 1 aromatic carbocycles. The summed E-state index contributed by atoms with van der Waals surface area (Å²) in [5, 5.41) is 9.88. The molecule has 1 heterocycles. The fraction of sp³-hybridized carbons (Fsp3) is 0.409. The van der Waals surface area contributed by atoms with Crippen LogP contribution in [0, 0.1) is 32.1 Å². The van der Waals surface area contributed by atoms with E-state index >= 15 is 0 Å². The fourth-order valence-electron chi connectivity index (χ4n) is 4.66. The summed E-state index contributed by atoms with van der Waals surface area (Å²) in [4.78, 5) is 15.0. The van der Waals surface area contributed by atoms with Crippen LogP contribution in [0.1, 0.15) is 62.1 Å². The summed E-state index contributed by atoms with van der Waals surface area (Å²) in [6, 6.07) is 3.82. The van der Waals surface area contributed by atoms with E-state index < -0.39 is 0 Å². The van der Waals surface area contributed by atoms with Gasteiger partial charge in [-0.3, -0.25) is 4.79 Å². The van der Waals surface area contributed by atoms with Gasteiger partial charge in [-0.1, -0.05) is 19.9 Å². The van der Waals surface area contributed by atoms with Gasteiger partial charge < -0.3 is 5.11 Å². The predicted molar refractivity (Wildman–Crippen MR) is 104 cm³/mol. The van der Waals surface area contributed by atoms with Gasteiger partial charge in [-0.05, 0) is 90.5 Å². The number of hydrogen-bond acceptors (Lipinski definition) is 3. The summed E-state index contributed by atoms with van der Waals surface area (Å²) in [7, 11) is 0. The summed E-state index contributed by atoms with van der Waals surface area (Å²) in [5.41, 5.74) is 5.81. The van der Waals surface area contributed by atoms with E-state index in [4.69, 9.17) is 0 Å². The van der Waals surface area contributed by atoms with Crippen molar-refractivity contribution in [3.8, 4) is 5.75 Å². The van der Waals surface area contributed by atoms with Gasteiger partial charge in [0, 0.05) is 4.88 Å². The lowest BCUT2D eigenvalue weighted by Gasteiger charge is -2.09. The maximum atomic E-state index is 12.8. The number of rotatable bonds is 3. The highest BCUT2D eigenvalue weighted by atomic mass is 32.1. The van der Waals surface area contributed by atoms with Crippen LogP contribution in [0.4, 0.5) is 0 Å². The number of hydrogen-bond donors (Lipinski definition) is 1. The molecule has 25 heavy (non-hydrogen) atoms. The molecular weight excluding hydrogens is 328 g/mol. The number of ketones is 1. The number of benzene rings is 1. The second kappa shape index (κ2) is 5.31. The lowest BCUT2D eigenvalue weighted by molar-refractivity contribution is 0.105. The summed E-state index contributed by atoms with van der Waals surface area (Å²) in [5.74, 6) is 1.82. The maximum Gasteiger partial charge on any atom is 0.196 e. The van der Waals surface area contributed by atoms with Crippen LogP contribution in [0.5, 0.6) is 5.75 Å². The highest BCUT2D eigenvalue weighted by Gasteiger charge is 2.63. The highest BCUT2D eigenvalue weighted by Crippen LogP contribution is 2.71.